The maximum absolute atomic E-state index is 11.6. The molecule has 4 heteroatoms. The number of carbonyl (C=O) groups is 2. The van der Waals surface area contributed by atoms with Gasteiger partial charge in [0.15, 0.2) is 0 Å². The molecule has 0 bridgehead atoms. The van der Waals surface area contributed by atoms with Gasteiger partial charge in [-0.25, -0.2) is 4.79 Å². The Kier molecular flexibility index (Phi) is 6.06. The molecule has 0 spiro atoms. The van der Waals surface area contributed by atoms with E-state index in [4.69, 9.17) is 5.11 Å². The van der Waals surface area contributed by atoms with Gasteiger partial charge in [0.2, 0.25) is 5.91 Å². The largest absolute Gasteiger partial charge is 0.480 e. The third kappa shape index (κ3) is 5.12. The molecule has 4 nitrogen and oxygen atoms in total. The minimum absolute atomic E-state index is 0.214. The van der Waals surface area contributed by atoms with Crippen LogP contribution < -0.4 is 5.32 Å². The van der Waals surface area contributed by atoms with Crippen LogP contribution in [0.25, 0.3) is 0 Å². The molecule has 1 rings (SSSR count). The van der Waals surface area contributed by atoms with Crippen molar-refractivity contribution in [1.29, 1.82) is 0 Å². The second kappa shape index (κ2) is 7.56. The van der Waals surface area contributed by atoms with Crippen LogP contribution in [0.4, 0.5) is 0 Å². The highest BCUT2D eigenvalue weighted by atomic mass is 16.4. The lowest BCUT2D eigenvalue weighted by atomic mass is 10.1. The number of carbonyl (C=O) groups excluding carboxylic acids is 1. The zero-order valence-corrected chi connectivity index (χ0v) is 11.5. The zero-order chi connectivity index (χ0) is 14.3. The van der Waals surface area contributed by atoms with E-state index in [1.54, 1.807) is 6.92 Å². The van der Waals surface area contributed by atoms with E-state index in [9.17, 15) is 9.59 Å². The quantitative estimate of drug-likeness (QED) is 0.792. The van der Waals surface area contributed by atoms with Crippen molar-refractivity contribution in [2.24, 2.45) is 0 Å². The summed E-state index contributed by atoms with van der Waals surface area (Å²) < 4.78 is 0. The van der Waals surface area contributed by atoms with Crippen molar-refractivity contribution in [3.8, 4) is 0 Å². The van der Waals surface area contributed by atoms with Crippen LogP contribution in [-0.2, 0) is 22.4 Å². The summed E-state index contributed by atoms with van der Waals surface area (Å²) in [6.45, 7) is 3.84. The summed E-state index contributed by atoms with van der Waals surface area (Å²) in [5, 5.41) is 11.4. The number of carboxylic acid groups (broad SMARTS) is 1. The smallest absolute Gasteiger partial charge is 0.326 e. The Bertz CT molecular complexity index is 426. The lowest BCUT2D eigenvalue weighted by molar-refractivity contribution is -0.141. The van der Waals surface area contributed by atoms with Crippen LogP contribution in [0, 0.1) is 0 Å². The van der Waals surface area contributed by atoms with Gasteiger partial charge in [0.25, 0.3) is 0 Å². The SMILES string of the molecule is CCc1ccc(CCC(=O)N[C@@H](CC)C(=O)O)cc1. The van der Waals surface area contributed by atoms with Crippen LogP contribution in [-0.4, -0.2) is 23.0 Å². The highest BCUT2D eigenvalue weighted by Gasteiger charge is 2.16. The van der Waals surface area contributed by atoms with Crippen molar-refractivity contribution in [3.63, 3.8) is 0 Å². The van der Waals surface area contributed by atoms with E-state index in [0.717, 1.165) is 12.0 Å². The monoisotopic (exact) mass is 263 g/mol. The molecule has 0 saturated carbocycles. The standard InChI is InChI=1S/C15H21NO3/c1-3-11-5-7-12(8-6-11)9-10-14(17)16-13(4-2)15(18)19/h5-8,13H,3-4,9-10H2,1-2H3,(H,16,17)(H,18,19)/t13-/m0/s1. The van der Waals surface area contributed by atoms with Gasteiger partial charge >= 0.3 is 5.97 Å². The molecule has 1 amide bonds. The zero-order valence-electron chi connectivity index (χ0n) is 11.5. The molecule has 1 aromatic rings. The second-order valence-corrected chi connectivity index (χ2v) is 4.54. The third-order valence-corrected chi connectivity index (χ3v) is 3.11. The van der Waals surface area contributed by atoms with Crippen LogP contribution in [0.1, 0.15) is 37.8 Å². The molecule has 0 unspecified atom stereocenters. The van der Waals surface area contributed by atoms with E-state index in [-0.39, 0.29) is 5.91 Å². The predicted octanol–water partition coefficient (Wildman–Crippen LogP) is 2.16. The average Bonchev–Trinajstić information content (AvgIpc) is 2.42. The normalized spacial score (nSPS) is 11.9. The van der Waals surface area contributed by atoms with E-state index in [2.05, 4.69) is 24.4 Å². The van der Waals surface area contributed by atoms with Crippen LogP contribution >= 0.6 is 0 Å². The molecule has 0 radical (unpaired) electrons. The van der Waals surface area contributed by atoms with Gasteiger partial charge in [-0.2, -0.15) is 0 Å². The molecule has 0 aliphatic rings. The van der Waals surface area contributed by atoms with Crippen molar-refractivity contribution >= 4 is 11.9 Å². The second-order valence-electron chi connectivity index (χ2n) is 4.54. The Morgan fingerprint density at radius 1 is 1.16 bits per heavy atom. The van der Waals surface area contributed by atoms with E-state index in [0.29, 0.717) is 19.3 Å². The molecule has 2 N–H and O–H groups in total. The number of hydrogen-bond acceptors (Lipinski definition) is 2. The van der Waals surface area contributed by atoms with Crippen LogP contribution in [0.15, 0.2) is 24.3 Å². The van der Waals surface area contributed by atoms with Crippen molar-refractivity contribution in [2.45, 2.75) is 45.6 Å². The van der Waals surface area contributed by atoms with Crippen molar-refractivity contribution in [1.82, 2.24) is 5.32 Å². The highest BCUT2D eigenvalue weighted by Crippen LogP contribution is 2.07. The summed E-state index contributed by atoms with van der Waals surface area (Å²) in [6, 6.07) is 7.36. The Hall–Kier alpha value is -1.84. The summed E-state index contributed by atoms with van der Waals surface area (Å²) in [7, 11) is 0. The Balaban J connectivity index is 2.42. The summed E-state index contributed by atoms with van der Waals surface area (Å²) in [5.74, 6) is -1.20. The van der Waals surface area contributed by atoms with Gasteiger partial charge < -0.3 is 10.4 Å². The first-order valence-electron chi connectivity index (χ1n) is 6.66. The number of aliphatic carboxylic acids is 1. The Morgan fingerprint density at radius 3 is 2.21 bits per heavy atom. The number of rotatable bonds is 7. The minimum Gasteiger partial charge on any atom is -0.480 e. The fourth-order valence-corrected chi connectivity index (χ4v) is 1.80. The van der Waals surface area contributed by atoms with E-state index < -0.39 is 12.0 Å². The number of benzene rings is 1. The third-order valence-electron chi connectivity index (χ3n) is 3.11. The first-order chi connectivity index (χ1) is 9.06. The lowest BCUT2D eigenvalue weighted by Gasteiger charge is -2.12. The van der Waals surface area contributed by atoms with Crippen LogP contribution in [0.3, 0.4) is 0 Å². The highest BCUT2D eigenvalue weighted by molar-refractivity contribution is 5.83. The topological polar surface area (TPSA) is 66.4 Å². The molecule has 0 aliphatic carbocycles. The maximum Gasteiger partial charge on any atom is 0.326 e. The van der Waals surface area contributed by atoms with Gasteiger partial charge in [-0.3, -0.25) is 4.79 Å². The molecule has 0 aliphatic heterocycles. The number of amides is 1. The Morgan fingerprint density at radius 2 is 1.74 bits per heavy atom. The van der Waals surface area contributed by atoms with Crippen LogP contribution in [0.2, 0.25) is 0 Å². The number of carboxylic acids is 1. The van der Waals surface area contributed by atoms with Gasteiger partial charge in [-0.15, -0.1) is 0 Å². The van der Waals surface area contributed by atoms with Crippen molar-refractivity contribution in [3.05, 3.63) is 35.4 Å². The fraction of sp³-hybridized carbons (Fsp3) is 0.467. The van der Waals surface area contributed by atoms with Gasteiger partial charge in [-0.1, -0.05) is 38.1 Å². The number of aryl methyl sites for hydroxylation is 2. The van der Waals surface area contributed by atoms with Crippen molar-refractivity contribution in [2.75, 3.05) is 0 Å². The molecular weight excluding hydrogens is 242 g/mol. The first kappa shape index (κ1) is 15.2. The molecule has 0 saturated heterocycles. The van der Waals surface area contributed by atoms with Gasteiger partial charge in [0.1, 0.15) is 6.04 Å². The van der Waals surface area contributed by atoms with Gasteiger partial charge in [0, 0.05) is 6.42 Å². The summed E-state index contributed by atoms with van der Waals surface area (Å²) in [6.07, 6.45) is 2.34. The van der Waals surface area contributed by atoms with E-state index >= 15 is 0 Å². The average molecular weight is 263 g/mol. The molecule has 0 heterocycles. The minimum atomic E-state index is -0.983. The summed E-state index contributed by atoms with van der Waals surface area (Å²) >= 11 is 0. The lowest BCUT2D eigenvalue weighted by Crippen LogP contribution is -2.40. The van der Waals surface area contributed by atoms with Gasteiger partial charge in [-0.05, 0) is 30.4 Å². The van der Waals surface area contributed by atoms with E-state index in [1.165, 1.54) is 5.56 Å². The predicted molar refractivity (Wildman–Crippen MR) is 74.0 cm³/mol. The van der Waals surface area contributed by atoms with Crippen LogP contribution in [0.5, 0.6) is 0 Å². The summed E-state index contributed by atoms with van der Waals surface area (Å²) in [5.41, 5.74) is 2.36. The first-order valence-corrected chi connectivity index (χ1v) is 6.66. The van der Waals surface area contributed by atoms with Crippen molar-refractivity contribution < 1.29 is 14.7 Å². The summed E-state index contributed by atoms with van der Waals surface area (Å²) in [4.78, 5) is 22.4. The molecular formula is C15H21NO3. The number of nitrogens with one attached hydrogen (secondary N) is 1. The molecule has 1 aromatic carbocycles. The van der Waals surface area contributed by atoms with Gasteiger partial charge in [0.05, 0.1) is 0 Å². The molecule has 19 heavy (non-hydrogen) atoms. The molecule has 0 fully saturated rings. The van der Waals surface area contributed by atoms with E-state index in [1.807, 2.05) is 12.1 Å². The number of hydrogen-bond donors (Lipinski definition) is 2. The maximum atomic E-state index is 11.6. The molecule has 1 atom stereocenters. The molecule has 0 aromatic heterocycles. The Labute approximate surface area is 113 Å². The fourth-order valence-electron chi connectivity index (χ4n) is 1.80. The molecule has 104 valence electrons.